The van der Waals surface area contributed by atoms with Crippen LogP contribution in [0.15, 0.2) is 115 Å². The number of fused-ring (bicyclic) bond motifs is 4. The van der Waals surface area contributed by atoms with Crippen molar-refractivity contribution in [1.29, 1.82) is 0 Å². The summed E-state index contributed by atoms with van der Waals surface area (Å²) in [5.41, 5.74) is 14.3. The van der Waals surface area contributed by atoms with Crippen molar-refractivity contribution in [3.05, 3.63) is 126 Å². The minimum atomic E-state index is 0.187. The zero-order valence-corrected chi connectivity index (χ0v) is 22.1. The lowest BCUT2D eigenvalue weighted by Gasteiger charge is -2.44. The van der Waals surface area contributed by atoms with Gasteiger partial charge in [0.15, 0.2) is 0 Å². The van der Waals surface area contributed by atoms with Gasteiger partial charge in [-0.25, -0.2) is 0 Å². The highest BCUT2D eigenvalue weighted by atomic mass is 15.2. The Hall–Kier alpha value is -4.24. The summed E-state index contributed by atoms with van der Waals surface area (Å²) in [4.78, 5) is 4.92. The predicted octanol–water partition coefficient (Wildman–Crippen LogP) is 7.42. The molecular formula is C35H31BN2. The minimum Gasteiger partial charge on any atom is -0.311 e. The molecule has 0 aromatic heterocycles. The molecule has 0 radical (unpaired) electrons. The van der Waals surface area contributed by atoms with E-state index in [-0.39, 0.29) is 6.71 Å². The van der Waals surface area contributed by atoms with E-state index in [1.807, 2.05) is 0 Å². The zero-order valence-electron chi connectivity index (χ0n) is 22.1. The van der Waals surface area contributed by atoms with Gasteiger partial charge in [0, 0.05) is 34.1 Å². The molecule has 0 amide bonds. The second kappa shape index (κ2) is 9.26. The fourth-order valence-electron chi connectivity index (χ4n) is 6.34. The molecular weight excluding hydrogens is 459 g/mol. The van der Waals surface area contributed by atoms with E-state index in [1.54, 1.807) is 0 Å². The van der Waals surface area contributed by atoms with Gasteiger partial charge in [0.1, 0.15) is 0 Å². The second-order valence-corrected chi connectivity index (χ2v) is 10.5. The van der Waals surface area contributed by atoms with E-state index in [0.717, 1.165) is 6.42 Å². The van der Waals surface area contributed by atoms with E-state index in [4.69, 9.17) is 0 Å². The van der Waals surface area contributed by atoms with Crippen molar-refractivity contribution in [1.82, 2.24) is 0 Å². The Labute approximate surface area is 226 Å². The lowest BCUT2D eigenvalue weighted by Crippen LogP contribution is -2.61. The summed E-state index contributed by atoms with van der Waals surface area (Å²) in [6.07, 6.45) is 3.59. The van der Waals surface area contributed by atoms with E-state index in [2.05, 4.69) is 139 Å². The molecule has 7 rings (SSSR count). The molecule has 0 saturated heterocycles. The highest BCUT2D eigenvalue weighted by molar-refractivity contribution is 7.00. The second-order valence-electron chi connectivity index (χ2n) is 10.5. The first-order valence-electron chi connectivity index (χ1n) is 13.8. The van der Waals surface area contributed by atoms with Crippen LogP contribution in [0.5, 0.6) is 0 Å². The van der Waals surface area contributed by atoms with Gasteiger partial charge in [-0.15, -0.1) is 0 Å². The number of hydrogen-bond acceptors (Lipinski definition) is 2. The first-order chi connectivity index (χ1) is 18.7. The average molecular weight is 490 g/mol. The van der Waals surface area contributed by atoms with Crippen molar-refractivity contribution < 1.29 is 0 Å². The average Bonchev–Trinajstić information content (AvgIpc) is 2.97. The topological polar surface area (TPSA) is 6.48 Å². The van der Waals surface area contributed by atoms with Gasteiger partial charge in [-0.2, -0.15) is 0 Å². The first-order valence-corrected chi connectivity index (χ1v) is 13.8. The molecule has 2 heterocycles. The molecule has 0 bridgehead atoms. The number of para-hydroxylation sites is 2. The highest BCUT2D eigenvalue weighted by Gasteiger charge is 2.42. The van der Waals surface area contributed by atoms with Crippen molar-refractivity contribution in [3.8, 4) is 0 Å². The summed E-state index contributed by atoms with van der Waals surface area (Å²) in [5, 5.41) is 0. The quantitative estimate of drug-likeness (QED) is 0.232. The number of anilines is 6. The Kier molecular flexibility index (Phi) is 5.58. The van der Waals surface area contributed by atoms with Crippen LogP contribution in [0.4, 0.5) is 34.1 Å². The maximum Gasteiger partial charge on any atom is 0.252 e. The lowest BCUT2D eigenvalue weighted by atomic mass is 9.33. The summed E-state index contributed by atoms with van der Waals surface area (Å²) in [7, 11) is 0. The van der Waals surface area contributed by atoms with Crippen LogP contribution in [0.25, 0.3) is 0 Å². The number of nitrogens with zero attached hydrogens (tertiary/aromatic N) is 2. The zero-order chi connectivity index (χ0) is 25.6. The van der Waals surface area contributed by atoms with Gasteiger partial charge in [-0.1, -0.05) is 85.6 Å². The van der Waals surface area contributed by atoms with Crippen LogP contribution in [-0.4, -0.2) is 6.71 Å². The highest BCUT2D eigenvalue weighted by Crippen LogP contribution is 2.43. The summed E-state index contributed by atoms with van der Waals surface area (Å²) < 4.78 is 0. The molecule has 184 valence electrons. The van der Waals surface area contributed by atoms with Crippen LogP contribution in [0.3, 0.4) is 0 Å². The number of rotatable bonds is 5. The number of benzene rings is 5. The van der Waals surface area contributed by atoms with Crippen LogP contribution < -0.4 is 26.2 Å². The van der Waals surface area contributed by atoms with Crippen molar-refractivity contribution in [2.24, 2.45) is 0 Å². The Morgan fingerprint density at radius 1 is 0.579 bits per heavy atom. The number of aryl methyl sites for hydroxylation is 2. The van der Waals surface area contributed by atoms with E-state index >= 15 is 0 Å². The van der Waals surface area contributed by atoms with Gasteiger partial charge < -0.3 is 9.80 Å². The molecule has 0 spiro atoms. The smallest absolute Gasteiger partial charge is 0.252 e. The molecule has 0 fully saturated rings. The number of unbranched alkanes of at least 4 members (excludes halogenated alkanes) is 1. The summed E-state index contributed by atoms with van der Waals surface area (Å²) >= 11 is 0. The Morgan fingerprint density at radius 2 is 1.21 bits per heavy atom. The lowest BCUT2D eigenvalue weighted by molar-refractivity contribution is 0.795. The van der Waals surface area contributed by atoms with Crippen molar-refractivity contribution in [3.63, 3.8) is 0 Å². The van der Waals surface area contributed by atoms with Crippen LogP contribution in [0.2, 0.25) is 0 Å². The molecule has 0 N–H and O–H groups in total. The van der Waals surface area contributed by atoms with Crippen molar-refractivity contribution in [2.45, 2.75) is 33.1 Å². The molecule has 0 saturated carbocycles. The van der Waals surface area contributed by atoms with Gasteiger partial charge in [0.05, 0.1) is 0 Å². The molecule has 38 heavy (non-hydrogen) atoms. The minimum absolute atomic E-state index is 0.187. The fraction of sp³-hybridized carbons (Fsp3) is 0.143. The van der Waals surface area contributed by atoms with Gasteiger partial charge in [-0.05, 0) is 90.2 Å². The Bertz CT molecular complexity index is 1620. The maximum absolute atomic E-state index is 2.48. The van der Waals surface area contributed by atoms with E-state index in [9.17, 15) is 0 Å². The molecule has 0 unspecified atom stereocenters. The molecule has 2 aliphatic rings. The third-order valence-electron chi connectivity index (χ3n) is 8.08. The SMILES string of the molecule is CCCCc1ccc(N2c3ccc(C)cc3B3c4ccccc4N(c4ccccc4)c4cccc2c43)cc1. The molecule has 0 aliphatic carbocycles. The fourth-order valence-corrected chi connectivity index (χ4v) is 6.34. The van der Waals surface area contributed by atoms with E-state index in [0.29, 0.717) is 0 Å². The molecule has 5 aromatic carbocycles. The molecule has 2 aliphatic heterocycles. The van der Waals surface area contributed by atoms with E-state index in [1.165, 1.54) is 74.5 Å². The summed E-state index contributed by atoms with van der Waals surface area (Å²) in [6.45, 7) is 4.65. The molecule has 0 atom stereocenters. The predicted molar refractivity (Wildman–Crippen MR) is 164 cm³/mol. The first kappa shape index (κ1) is 22.9. The summed E-state index contributed by atoms with van der Waals surface area (Å²) in [5.74, 6) is 0. The maximum atomic E-state index is 2.48. The van der Waals surface area contributed by atoms with Crippen LogP contribution in [-0.2, 0) is 6.42 Å². The monoisotopic (exact) mass is 490 g/mol. The third-order valence-corrected chi connectivity index (χ3v) is 8.08. The third kappa shape index (κ3) is 3.57. The normalized spacial score (nSPS) is 13.2. The van der Waals surface area contributed by atoms with Gasteiger partial charge in [-0.3, -0.25) is 0 Å². The van der Waals surface area contributed by atoms with E-state index < -0.39 is 0 Å². The van der Waals surface area contributed by atoms with Crippen LogP contribution >= 0.6 is 0 Å². The van der Waals surface area contributed by atoms with Gasteiger partial charge in [0.2, 0.25) is 0 Å². The Balaban J connectivity index is 1.48. The molecule has 3 heteroatoms. The number of hydrogen-bond donors (Lipinski definition) is 0. The standard InChI is InChI=1S/C35H31BN2/c1-3-4-11-26-19-21-28(22-20-26)38-32-23-18-25(2)24-30(32)36-29-14-8-9-15-31(29)37(27-12-6-5-7-13-27)33-16-10-17-34(38)35(33)36/h5-10,12-24H,3-4,11H2,1-2H3. The largest absolute Gasteiger partial charge is 0.311 e. The van der Waals surface area contributed by atoms with Crippen LogP contribution in [0.1, 0.15) is 30.9 Å². The van der Waals surface area contributed by atoms with Crippen molar-refractivity contribution in [2.75, 3.05) is 9.80 Å². The summed E-state index contributed by atoms with van der Waals surface area (Å²) in [6, 6.07) is 42.7. The molecule has 5 aromatic rings. The van der Waals surface area contributed by atoms with Crippen molar-refractivity contribution >= 4 is 57.2 Å². The van der Waals surface area contributed by atoms with Gasteiger partial charge >= 0.3 is 0 Å². The molecule has 2 nitrogen and oxygen atoms in total. The van der Waals surface area contributed by atoms with Crippen LogP contribution in [0, 0.1) is 6.92 Å². The Morgan fingerprint density at radius 3 is 1.95 bits per heavy atom. The van der Waals surface area contributed by atoms with Gasteiger partial charge in [0.25, 0.3) is 6.71 Å².